The third-order valence-electron chi connectivity index (χ3n) is 25.2. The van der Waals surface area contributed by atoms with Crippen LogP contribution in [0.25, 0.3) is 0 Å². The van der Waals surface area contributed by atoms with Crippen molar-refractivity contribution >= 4 is 98.5 Å². The van der Waals surface area contributed by atoms with Gasteiger partial charge in [-0.3, -0.25) is 52.7 Å². The smallest absolute Gasteiger partial charge is 0.315 e. The molecule has 0 spiro atoms. The average Bonchev–Trinajstić information content (AvgIpc) is 1.01. The molecule has 2 aliphatic rings. The number of halogens is 1. The lowest BCUT2D eigenvalue weighted by molar-refractivity contribution is -0.137. The second kappa shape index (κ2) is 53.5. The van der Waals surface area contributed by atoms with Gasteiger partial charge in [0.05, 0.1) is 30.2 Å². The maximum atomic E-state index is 15.1. The molecular formula is C111H128BrN11O14S. The van der Waals surface area contributed by atoms with E-state index in [4.69, 9.17) is 5.73 Å². The van der Waals surface area contributed by atoms with Crippen LogP contribution in [-0.2, 0) is 72.1 Å². The van der Waals surface area contributed by atoms with E-state index in [0.717, 1.165) is 64.6 Å². The topological polar surface area (TPSA) is 392 Å². The molecule has 2 heterocycles. The lowest BCUT2D eigenvalue weighted by Gasteiger charge is -2.39. The van der Waals surface area contributed by atoms with Gasteiger partial charge in [0, 0.05) is 101 Å². The van der Waals surface area contributed by atoms with Crippen molar-refractivity contribution in [2.75, 3.05) is 25.4 Å². The molecule has 0 saturated carbocycles. The summed E-state index contributed by atoms with van der Waals surface area (Å²) in [6, 6.07) is 81.3. The molecule has 14 N–H and O–H groups in total. The van der Waals surface area contributed by atoms with Crippen molar-refractivity contribution in [1.29, 1.82) is 0 Å². The SMILES string of the molecule is CC(C)C[C@H](NC(=O)[C@@](Cc1ccccc1)(NC(=O)c1ccc(C(=O)c2ccc(Br)cc2)cc1)[C@H](O)CCCc1ccccc1)C(=O)NC(Cc1ccccc1)C(N)=O.CC(C)[C@@H](CNC(=O)[C@@](Cc1ccccc1)(NC(=O)c1ccc(C(=O)c2ccccc2)cc1)[C@H](O)CCCc1ccccc1)C(=O)N[C@@H](Cc1ccccc1)C(=O)NCCCCCNC(=O)CCCC[C@@H]1SC[C@@H]2NC(=O)N[C@@H]21. The summed E-state index contributed by atoms with van der Waals surface area (Å²) < 4.78 is 0.834. The highest BCUT2D eigenvalue weighted by Crippen LogP contribution is 2.34. The molecule has 2 fully saturated rings. The second-order valence-electron chi connectivity index (χ2n) is 36.3. The van der Waals surface area contributed by atoms with Crippen LogP contribution >= 0.6 is 27.7 Å². The molecule has 27 heteroatoms. The molecule has 11 atom stereocenters. The number of hydrogen-bond donors (Lipinski definition) is 13. The van der Waals surface area contributed by atoms with Crippen molar-refractivity contribution in [2.45, 2.75) is 202 Å². The van der Waals surface area contributed by atoms with Crippen molar-refractivity contribution in [2.24, 2.45) is 23.5 Å². The monoisotopic (exact) mass is 1950 g/mol. The van der Waals surface area contributed by atoms with Crippen LogP contribution in [0.15, 0.2) is 290 Å². The number of unbranched alkanes of at least 4 members (excludes halogenated alkanes) is 3. The molecule has 2 aliphatic heterocycles. The molecular weight excluding hydrogens is 1820 g/mol. The number of ketones is 2. The molecule has 1 unspecified atom stereocenters. The number of benzene rings is 10. The van der Waals surface area contributed by atoms with E-state index in [1.54, 1.807) is 97.1 Å². The Bertz CT molecular complexity index is 5630. The summed E-state index contributed by atoms with van der Waals surface area (Å²) in [4.78, 5) is 165. The fraction of sp³-hybridized carbons (Fsp3) is 0.351. The van der Waals surface area contributed by atoms with Crippen LogP contribution in [0.5, 0.6) is 0 Å². The fourth-order valence-corrected chi connectivity index (χ4v) is 19.1. The van der Waals surface area contributed by atoms with E-state index in [9.17, 15) is 58.2 Å². The molecule has 10 aromatic carbocycles. The van der Waals surface area contributed by atoms with Gasteiger partial charge in [-0.1, -0.05) is 287 Å². The van der Waals surface area contributed by atoms with Crippen LogP contribution in [0.3, 0.4) is 0 Å². The van der Waals surface area contributed by atoms with Crippen LogP contribution in [0, 0.1) is 17.8 Å². The first-order valence-corrected chi connectivity index (χ1v) is 49.6. The Kier molecular flexibility index (Phi) is 40.8. The minimum Gasteiger partial charge on any atom is -0.390 e. The molecule has 25 nitrogen and oxygen atoms in total. The second-order valence-corrected chi connectivity index (χ2v) is 38.5. The van der Waals surface area contributed by atoms with Gasteiger partial charge in [0.15, 0.2) is 11.6 Å². The van der Waals surface area contributed by atoms with Crippen molar-refractivity contribution in [3.63, 3.8) is 0 Å². The van der Waals surface area contributed by atoms with Gasteiger partial charge in [-0.2, -0.15) is 11.8 Å². The molecule has 12 rings (SSSR count). The molecule has 138 heavy (non-hydrogen) atoms. The Morgan fingerprint density at radius 1 is 0.428 bits per heavy atom. The Morgan fingerprint density at radius 3 is 1.30 bits per heavy atom. The fourth-order valence-electron chi connectivity index (χ4n) is 17.3. The Hall–Kier alpha value is -13.2. The summed E-state index contributed by atoms with van der Waals surface area (Å²) in [5.74, 6) is -5.65. The molecule has 0 bridgehead atoms. The molecule has 10 aromatic rings. The molecule has 11 amide bonds. The summed E-state index contributed by atoms with van der Waals surface area (Å²) in [7, 11) is 0. The minimum absolute atomic E-state index is 0.0160. The van der Waals surface area contributed by atoms with Crippen LogP contribution in [0.1, 0.15) is 191 Å². The Balaban J connectivity index is 0.000000276. The summed E-state index contributed by atoms with van der Waals surface area (Å²) in [6.45, 7) is 8.23. The first kappa shape index (κ1) is 105. The molecule has 0 radical (unpaired) electrons. The van der Waals surface area contributed by atoms with E-state index in [1.807, 2.05) is 203 Å². The van der Waals surface area contributed by atoms with Crippen LogP contribution in [-0.4, -0.2) is 165 Å². The van der Waals surface area contributed by atoms with Gasteiger partial charge in [0.25, 0.3) is 11.8 Å². The van der Waals surface area contributed by atoms with E-state index in [2.05, 4.69) is 69.1 Å². The number of nitrogens with two attached hydrogens (primary N) is 1. The van der Waals surface area contributed by atoms with Gasteiger partial charge in [-0.15, -0.1) is 0 Å². The highest BCUT2D eigenvalue weighted by molar-refractivity contribution is 9.10. The Labute approximate surface area is 821 Å². The largest absolute Gasteiger partial charge is 0.390 e. The van der Waals surface area contributed by atoms with E-state index in [-0.39, 0.29) is 116 Å². The zero-order valence-electron chi connectivity index (χ0n) is 78.7. The summed E-state index contributed by atoms with van der Waals surface area (Å²) in [5.41, 5.74) is 8.95. The molecule has 0 aromatic heterocycles. The van der Waals surface area contributed by atoms with Crippen LogP contribution < -0.4 is 58.9 Å². The van der Waals surface area contributed by atoms with E-state index in [0.29, 0.717) is 90.2 Å². The number of aryl methyl sites for hydroxylation is 2. The zero-order valence-corrected chi connectivity index (χ0v) is 81.1. The number of amides is 11. The van der Waals surface area contributed by atoms with Gasteiger partial charge in [-0.05, 0) is 171 Å². The number of aliphatic hydroxyl groups is 2. The van der Waals surface area contributed by atoms with Crippen molar-refractivity contribution < 1.29 is 67.7 Å². The van der Waals surface area contributed by atoms with Crippen LogP contribution in [0.2, 0.25) is 0 Å². The predicted octanol–water partition coefficient (Wildman–Crippen LogP) is 13.8. The summed E-state index contributed by atoms with van der Waals surface area (Å²) in [5, 5.41) is 54.5. The van der Waals surface area contributed by atoms with Gasteiger partial charge < -0.3 is 69.1 Å². The number of fused-ring (bicyclic) bond motifs is 1. The number of carbonyl (C=O) groups is 12. The van der Waals surface area contributed by atoms with Gasteiger partial charge in [0.1, 0.15) is 29.2 Å². The quantitative estimate of drug-likeness (QED) is 0.00957. The number of thioether (sulfide) groups is 1. The molecule has 724 valence electrons. The predicted molar refractivity (Wildman–Crippen MR) is 542 cm³/mol. The highest BCUT2D eigenvalue weighted by Gasteiger charge is 2.50. The molecule has 2 saturated heterocycles. The van der Waals surface area contributed by atoms with Crippen molar-refractivity contribution in [1.82, 2.24) is 53.2 Å². The number of nitrogens with one attached hydrogen (secondary N) is 10. The first-order valence-electron chi connectivity index (χ1n) is 47.7. The van der Waals surface area contributed by atoms with E-state index >= 15 is 9.59 Å². The average molecular weight is 1950 g/mol. The van der Waals surface area contributed by atoms with Gasteiger partial charge >= 0.3 is 6.03 Å². The van der Waals surface area contributed by atoms with Crippen LogP contribution in [0.4, 0.5) is 4.79 Å². The lowest BCUT2D eigenvalue weighted by Crippen LogP contribution is -2.68. The first-order chi connectivity index (χ1) is 66.6. The van der Waals surface area contributed by atoms with Crippen molar-refractivity contribution in [3.8, 4) is 0 Å². The summed E-state index contributed by atoms with van der Waals surface area (Å²) in [6.07, 6.45) is 5.28. The highest BCUT2D eigenvalue weighted by atomic mass is 79.9. The maximum absolute atomic E-state index is 15.1. The minimum atomic E-state index is -1.98. The molecule has 0 aliphatic carbocycles. The van der Waals surface area contributed by atoms with E-state index in [1.165, 1.54) is 24.3 Å². The number of aliphatic hydroxyl groups excluding tert-OH is 2. The third-order valence-corrected chi connectivity index (χ3v) is 27.2. The third kappa shape index (κ3) is 31.7. The number of rotatable bonds is 51. The van der Waals surface area contributed by atoms with Gasteiger partial charge in [-0.25, -0.2) is 4.79 Å². The van der Waals surface area contributed by atoms with Crippen molar-refractivity contribution in [3.05, 3.63) is 356 Å². The summed E-state index contributed by atoms with van der Waals surface area (Å²) >= 11 is 5.26. The maximum Gasteiger partial charge on any atom is 0.315 e. The van der Waals surface area contributed by atoms with Gasteiger partial charge in [0.2, 0.25) is 41.4 Å². The zero-order chi connectivity index (χ0) is 98.4. The number of hydrogen-bond acceptors (Lipinski definition) is 15. The van der Waals surface area contributed by atoms with E-state index < -0.39 is 88.7 Å². The number of urea groups is 1. The normalized spacial score (nSPS) is 15.8. The number of carbonyl (C=O) groups excluding carboxylic acids is 12. The lowest BCUT2D eigenvalue weighted by atomic mass is 9.81. The Morgan fingerprint density at radius 2 is 0.841 bits per heavy atom. The number of primary amides is 1. The standard InChI is InChI=1S/C63H77N7O8S.C48H51BrN4O6/c1-43(2)50(59(75)67-51(39-45-23-10-4-11-24-45)60(76)65-38-19-7-18-37-64-55(72)32-17-16-30-53-56-52(42-79-53)68-62(78)69-56)41-66-61(77)63(40-46-25-12-5-13-26-46,54(71)31-20-27-44-21-8-3-9-22-44)70-58(74)49-35-33-48(34-36-49)57(73)47-28-14-6-15-29-47;1-32(2)29-41(46(58)51-40(44(50)56)30-34-15-8-4-9-16-34)52-47(59)48(31-35-17-10-5-11-18-35,42(54)20-12-19-33-13-6-3-7-14-33)53-45(57)38-23-21-36(22-24-38)43(55)37-25-27-39(49)28-26-37/h3-6,8-15,21-26,28-29,33-36,43,50-54,56,71H,7,16-20,27,30-32,37-42H2,1-2H3,(H,64,72)(H,65,76)(H,66,77)(H,67,75)(H,70,74)(H2,68,69,78);3-11,13-18,21-28,32,40-42,54H,12,19-20,29-31H2,1-2H3,(H2,50,56)(H,51,58)(H,52,59)(H,53,57)/t50-,51+,52+,53+,54-,56+,63+;40?,41-,42+,48-/m10/s1.